The maximum atomic E-state index is 5.90. The Bertz CT molecular complexity index is 319. The second-order valence-corrected chi connectivity index (χ2v) is 5.74. The third-order valence-electron chi connectivity index (χ3n) is 3.18. The molecule has 0 aromatic carbocycles. The van der Waals surface area contributed by atoms with Crippen molar-refractivity contribution in [1.29, 1.82) is 0 Å². The smallest absolute Gasteiger partial charge is 0.0401 e. The van der Waals surface area contributed by atoms with Crippen molar-refractivity contribution in [2.45, 2.75) is 38.1 Å². The summed E-state index contributed by atoms with van der Waals surface area (Å²) in [6, 6.07) is 2.69. The van der Waals surface area contributed by atoms with Crippen LogP contribution in [-0.2, 0) is 6.42 Å². The first-order valence-corrected chi connectivity index (χ1v) is 6.67. The molecule has 2 N–H and O–H groups in total. The SMILES string of the molecule is NC1CCC(Cc2cncc(I)c2)CC1. The van der Waals surface area contributed by atoms with E-state index in [1.807, 2.05) is 12.4 Å². The van der Waals surface area contributed by atoms with E-state index in [0.29, 0.717) is 6.04 Å². The van der Waals surface area contributed by atoms with Gasteiger partial charge in [-0.15, -0.1) is 0 Å². The van der Waals surface area contributed by atoms with Crippen LogP contribution in [0.4, 0.5) is 0 Å². The van der Waals surface area contributed by atoms with Gasteiger partial charge in [0.25, 0.3) is 0 Å². The summed E-state index contributed by atoms with van der Waals surface area (Å²) in [4.78, 5) is 4.23. The van der Waals surface area contributed by atoms with Crippen molar-refractivity contribution in [3.8, 4) is 0 Å². The van der Waals surface area contributed by atoms with Crippen molar-refractivity contribution in [3.05, 3.63) is 27.6 Å². The molecule has 1 aromatic heterocycles. The zero-order valence-electron chi connectivity index (χ0n) is 8.82. The van der Waals surface area contributed by atoms with E-state index in [4.69, 9.17) is 5.73 Å². The summed E-state index contributed by atoms with van der Waals surface area (Å²) in [6.45, 7) is 0. The van der Waals surface area contributed by atoms with Gasteiger partial charge in [-0.2, -0.15) is 0 Å². The zero-order valence-corrected chi connectivity index (χ0v) is 11.0. The van der Waals surface area contributed by atoms with E-state index in [-0.39, 0.29) is 0 Å². The molecular weight excluding hydrogens is 299 g/mol. The molecule has 0 bridgehead atoms. The molecule has 2 rings (SSSR count). The van der Waals surface area contributed by atoms with Crippen molar-refractivity contribution in [2.75, 3.05) is 0 Å². The second-order valence-electron chi connectivity index (χ2n) is 4.50. The van der Waals surface area contributed by atoms with E-state index in [2.05, 4.69) is 33.6 Å². The molecule has 1 aliphatic carbocycles. The van der Waals surface area contributed by atoms with Crippen LogP contribution < -0.4 is 5.73 Å². The fraction of sp³-hybridized carbons (Fsp3) is 0.583. The lowest BCUT2D eigenvalue weighted by Gasteiger charge is -2.25. The van der Waals surface area contributed by atoms with Gasteiger partial charge >= 0.3 is 0 Å². The quantitative estimate of drug-likeness (QED) is 0.852. The lowest BCUT2D eigenvalue weighted by molar-refractivity contribution is 0.324. The molecule has 0 atom stereocenters. The number of pyridine rings is 1. The minimum atomic E-state index is 0.454. The lowest BCUT2D eigenvalue weighted by atomic mass is 9.83. The number of nitrogens with two attached hydrogens (primary N) is 1. The van der Waals surface area contributed by atoms with Crippen LogP contribution in [0.1, 0.15) is 31.2 Å². The Labute approximate surface area is 105 Å². The van der Waals surface area contributed by atoms with Gasteiger partial charge in [-0.1, -0.05) is 0 Å². The number of hydrogen-bond acceptors (Lipinski definition) is 2. The van der Waals surface area contributed by atoms with Crippen molar-refractivity contribution < 1.29 is 0 Å². The van der Waals surface area contributed by atoms with Gasteiger partial charge in [0.05, 0.1) is 0 Å². The van der Waals surface area contributed by atoms with E-state index < -0.39 is 0 Å². The zero-order chi connectivity index (χ0) is 10.7. The van der Waals surface area contributed by atoms with Crippen LogP contribution in [0, 0.1) is 9.49 Å². The molecule has 1 aliphatic rings. The van der Waals surface area contributed by atoms with Gasteiger partial charge in [-0.25, -0.2) is 0 Å². The van der Waals surface area contributed by atoms with Crippen LogP contribution in [0.15, 0.2) is 18.5 Å². The normalized spacial score (nSPS) is 26.5. The van der Waals surface area contributed by atoms with Crippen molar-refractivity contribution in [2.24, 2.45) is 11.7 Å². The minimum Gasteiger partial charge on any atom is -0.328 e. The number of rotatable bonds is 2. The number of hydrogen-bond donors (Lipinski definition) is 1. The van der Waals surface area contributed by atoms with Crippen LogP contribution in [0.3, 0.4) is 0 Å². The monoisotopic (exact) mass is 316 g/mol. The molecule has 0 aliphatic heterocycles. The first kappa shape index (κ1) is 11.3. The molecule has 82 valence electrons. The topological polar surface area (TPSA) is 38.9 Å². The maximum absolute atomic E-state index is 5.90. The second kappa shape index (κ2) is 5.25. The third-order valence-corrected chi connectivity index (χ3v) is 3.77. The molecule has 0 radical (unpaired) electrons. The summed E-state index contributed by atoms with van der Waals surface area (Å²) in [5.41, 5.74) is 7.28. The predicted molar refractivity (Wildman–Crippen MR) is 70.6 cm³/mol. The van der Waals surface area contributed by atoms with E-state index in [0.717, 1.165) is 5.92 Å². The predicted octanol–water partition coefficient (Wildman–Crippen LogP) is 2.75. The number of halogens is 1. The Morgan fingerprint density at radius 1 is 1.27 bits per heavy atom. The number of nitrogens with zero attached hydrogens (tertiary/aromatic N) is 1. The Morgan fingerprint density at radius 2 is 2.00 bits per heavy atom. The highest BCUT2D eigenvalue weighted by Crippen LogP contribution is 2.26. The van der Waals surface area contributed by atoms with Crippen LogP contribution >= 0.6 is 22.6 Å². The maximum Gasteiger partial charge on any atom is 0.0401 e. The van der Waals surface area contributed by atoms with Gasteiger partial charge in [0, 0.05) is 22.0 Å². The first-order valence-electron chi connectivity index (χ1n) is 5.59. The summed E-state index contributed by atoms with van der Waals surface area (Å²) in [5.74, 6) is 0.824. The summed E-state index contributed by atoms with van der Waals surface area (Å²) in [5, 5.41) is 0. The standard InChI is InChI=1S/C12H17IN2/c13-11-6-10(7-15-8-11)5-9-1-3-12(14)4-2-9/h6-9,12H,1-5,14H2. The first-order chi connectivity index (χ1) is 7.24. The third kappa shape index (κ3) is 3.41. The Morgan fingerprint density at radius 3 is 2.67 bits per heavy atom. The van der Waals surface area contributed by atoms with Crippen molar-refractivity contribution in [3.63, 3.8) is 0 Å². The Balaban J connectivity index is 1.92. The highest BCUT2D eigenvalue weighted by Gasteiger charge is 2.18. The van der Waals surface area contributed by atoms with E-state index in [1.165, 1.54) is 41.2 Å². The van der Waals surface area contributed by atoms with Crippen LogP contribution in [0.2, 0.25) is 0 Å². The van der Waals surface area contributed by atoms with Gasteiger partial charge in [-0.05, 0) is 72.2 Å². The van der Waals surface area contributed by atoms with Crippen LogP contribution in [0.5, 0.6) is 0 Å². The van der Waals surface area contributed by atoms with E-state index in [9.17, 15) is 0 Å². The van der Waals surface area contributed by atoms with E-state index >= 15 is 0 Å². The lowest BCUT2D eigenvalue weighted by Crippen LogP contribution is -2.27. The van der Waals surface area contributed by atoms with Crippen LogP contribution in [-0.4, -0.2) is 11.0 Å². The van der Waals surface area contributed by atoms with Gasteiger partial charge in [0.1, 0.15) is 0 Å². The van der Waals surface area contributed by atoms with Crippen molar-refractivity contribution in [1.82, 2.24) is 4.98 Å². The molecule has 0 spiro atoms. The molecule has 2 nitrogen and oxygen atoms in total. The molecule has 0 amide bonds. The van der Waals surface area contributed by atoms with Gasteiger partial charge < -0.3 is 5.73 Å². The van der Waals surface area contributed by atoms with Gasteiger partial charge in [0.2, 0.25) is 0 Å². The summed E-state index contributed by atoms with van der Waals surface area (Å²) < 4.78 is 1.23. The van der Waals surface area contributed by atoms with Crippen LogP contribution in [0.25, 0.3) is 0 Å². The summed E-state index contributed by atoms with van der Waals surface area (Å²) in [7, 11) is 0. The molecule has 15 heavy (non-hydrogen) atoms. The summed E-state index contributed by atoms with van der Waals surface area (Å²) in [6.07, 6.45) is 10.0. The minimum absolute atomic E-state index is 0.454. The average Bonchev–Trinajstić information content (AvgIpc) is 2.22. The molecule has 3 heteroatoms. The van der Waals surface area contributed by atoms with Gasteiger partial charge in [-0.3, -0.25) is 4.98 Å². The highest BCUT2D eigenvalue weighted by atomic mass is 127. The fourth-order valence-electron chi connectivity index (χ4n) is 2.29. The molecule has 0 saturated heterocycles. The Hall–Kier alpha value is -0.160. The molecule has 0 unspecified atom stereocenters. The fourth-order valence-corrected chi connectivity index (χ4v) is 2.85. The molecule has 1 heterocycles. The Kier molecular flexibility index (Phi) is 3.97. The van der Waals surface area contributed by atoms with Crippen molar-refractivity contribution >= 4 is 22.6 Å². The van der Waals surface area contributed by atoms with E-state index in [1.54, 1.807) is 0 Å². The molecule has 1 saturated carbocycles. The molecule has 1 fully saturated rings. The average molecular weight is 316 g/mol. The van der Waals surface area contributed by atoms with Gasteiger partial charge in [0.15, 0.2) is 0 Å². The largest absolute Gasteiger partial charge is 0.328 e. The number of aromatic nitrogens is 1. The molecular formula is C12H17IN2. The molecule has 1 aromatic rings. The summed E-state index contributed by atoms with van der Waals surface area (Å²) >= 11 is 2.32. The highest BCUT2D eigenvalue weighted by molar-refractivity contribution is 14.1.